The quantitative estimate of drug-likeness (QED) is 0.583. The number of hydrogen-bond donors (Lipinski definition) is 2. The maximum atomic E-state index is 13.3. The lowest BCUT2D eigenvalue weighted by molar-refractivity contribution is -0.137. The van der Waals surface area contributed by atoms with Crippen LogP contribution in [0.4, 0.5) is 18.9 Å². The first-order valence-corrected chi connectivity index (χ1v) is 12.3. The molecule has 0 radical (unpaired) electrons. The molecule has 0 unspecified atom stereocenters. The van der Waals surface area contributed by atoms with Crippen molar-refractivity contribution in [3.8, 4) is 0 Å². The highest BCUT2D eigenvalue weighted by Crippen LogP contribution is 2.42. The second kappa shape index (κ2) is 10.3. The van der Waals surface area contributed by atoms with Gasteiger partial charge >= 0.3 is 16.4 Å². The van der Waals surface area contributed by atoms with Crippen LogP contribution in [-0.2, 0) is 21.2 Å². The van der Waals surface area contributed by atoms with Crippen molar-refractivity contribution in [2.45, 2.75) is 19.1 Å². The van der Waals surface area contributed by atoms with Crippen molar-refractivity contribution in [1.82, 2.24) is 9.62 Å². The van der Waals surface area contributed by atoms with Crippen molar-refractivity contribution in [3.63, 3.8) is 0 Å². The van der Waals surface area contributed by atoms with E-state index in [9.17, 15) is 31.5 Å². The van der Waals surface area contributed by atoms with Crippen molar-refractivity contribution in [1.29, 1.82) is 0 Å². The van der Waals surface area contributed by atoms with Gasteiger partial charge in [-0.1, -0.05) is 60.5 Å². The Morgan fingerprint density at radius 2 is 1.76 bits per heavy atom. The van der Waals surface area contributed by atoms with Crippen LogP contribution in [-0.4, -0.2) is 50.0 Å². The predicted octanol–water partition coefficient (Wildman–Crippen LogP) is 3.86. The summed E-state index contributed by atoms with van der Waals surface area (Å²) < 4.78 is 67.5. The number of rotatable bonds is 6. The summed E-state index contributed by atoms with van der Waals surface area (Å²) in [4.78, 5) is 12.7. The molecule has 1 aliphatic rings. The number of hydrogen-bond acceptors (Lipinski definition) is 4. The highest BCUT2D eigenvalue weighted by molar-refractivity contribution is 7.90. The Hall–Kier alpha value is -2.05. The van der Waals surface area contributed by atoms with E-state index in [2.05, 4.69) is 5.32 Å². The van der Waals surface area contributed by atoms with E-state index in [1.807, 2.05) is 0 Å². The lowest BCUT2D eigenvalue weighted by atomic mass is 10.1. The van der Waals surface area contributed by atoms with Crippen molar-refractivity contribution in [2.75, 3.05) is 30.5 Å². The van der Waals surface area contributed by atoms with E-state index in [-0.39, 0.29) is 24.7 Å². The smallest absolute Gasteiger partial charge is 0.394 e. The Kier molecular flexibility index (Phi) is 8.03. The van der Waals surface area contributed by atoms with Crippen molar-refractivity contribution < 1.29 is 31.5 Å². The molecule has 13 heteroatoms. The second-order valence-corrected chi connectivity index (χ2v) is 10.6. The maximum Gasteiger partial charge on any atom is 0.416 e. The Balaban J connectivity index is 1.86. The Morgan fingerprint density at radius 3 is 2.29 bits per heavy atom. The molecule has 1 heterocycles. The molecule has 186 valence electrons. The van der Waals surface area contributed by atoms with Gasteiger partial charge in [-0.05, 0) is 23.6 Å². The minimum absolute atomic E-state index is 0.00272. The topological polar surface area (TPSA) is 90.0 Å². The van der Waals surface area contributed by atoms with Crippen LogP contribution in [0.3, 0.4) is 0 Å². The summed E-state index contributed by atoms with van der Waals surface area (Å²) in [6.45, 7) is 0.662. The fourth-order valence-electron chi connectivity index (χ4n) is 3.66. The lowest BCUT2D eigenvalue weighted by Gasteiger charge is -2.39. The molecule has 0 spiro atoms. The monoisotopic (exact) mass is 539 g/mol. The molecule has 2 aromatic carbocycles. The number of alkyl halides is 3. The van der Waals surface area contributed by atoms with E-state index < -0.39 is 57.1 Å². The first-order chi connectivity index (χ1) is 15.8. The summed E-state index contributed by atoms with van der Waals surface area (Å²) in [7, 11) is -4.35. The zero-order valence-corrected chi connectivity index (χ0v) is 20.2. The molecule has 2 aromatic rings. The summed E-state index contributed by atoms with van der Waals surface area (Å²) in [5.74, 6) is -0.960. The van der Waals surface area contributed by atoms with Crippen molar-refractivity contribution >= 4 is 45.0 Å². The Labute approximate surface area is 205 Å². The number of aliphatic hydroxyl groups excluding tert-OH is 1. The van der Waals surface area contributed by atoms with E-state index in [1.54, 1.807) is 37.3 Å². The molecule has 2 N–H and O–H groups in total. The molecule has 0 aliphatic carbocycles. The second-order valence-electron chi connectivity index (χ2n) is 7.94. The van der Waals surface area contributed by atoms with Crippen LogP contribution in [0.1, 0.15) is 24.1 Å². The minimum Gasteiger partial charge on any atom is -0.394 e. The van der Waals surface area contributed by atoms with Crippen LogP contribution in [0.5, 0.6) is 0 Å². The minimum atomic E-state index is -4.72. The fraction of sp³-hybridized carbons (Fsp3) is 0.381. The molecule has 0 saturated carbocycles. The number of nitrogens with zero attached hydrogens (tertiary/aromatic N) is 2. The molecule has 1 saturated heterocycles. The molecule has 2 atom stereocenters. The van der Waals surface area contributed by atoms with Crippen LogP contribution in [0.2, 0.25) is 10.0 Å². The van der Waals surface area contributed by atoms with Gasteiger partial charge in [-0.3, -0.25) is 9.10 Å². The van der Waals surface area contributed by atoms with Gasteiger partial charge in [0.05, 0.1) is 40.5 Å². The molecule has 0 aromatic heterocycles. The number of carbonyl (C=O) groups is 1. The third-order valence-electron chi connectivity index (χ3n) is 5.23. The predicted molar refractivity (Wildman–Crippen MR) is 123 cm³/mol. The number of nitrogens with one attached hydrogen (secondary N) is 1. The van der Waals surface area contributed by atoms with E-state index in [0.29, 0.717) is 17.7 Å². The third-order valence-corrected chi connectivity index (χ3v) is 7.63. The van der Waals surface area contributed by atoms with Gasteiger partial charge in [0.15, 0.2) is 0 Å². The van der Waals surface area contributed by atoms with Gasteiger partial charge < -0.3 is 10.4 Å². The largest absolute Gasteiger partial charge is 0.416 e. The number of amides is 1. The number of benzene rings is 2. The van der Waals surface area contributed by atoms with Gasteiger partial charge in [0.2, 0.25) is 5.91 Å². The Morgan fingerprint density at radius 1 is 1.18 bits per heavy atom. The standard InChI is InChI=1S/C21H22Cl2F3N3O4S/c1-13-9-28(11-19(31)27-18(12-30)14-5-3-2-4-6-14)34(32,33)29(10-13)20-16(22)7-15(8-17(20)23)21(24,25)26/h2-8,13,18,30H,9-12H2,1H3,(H,27,31)/t13-,18-/m1/s1. The fourth-order valence-corrected chi connectivity index (χ4v) is 6.32. The van der Waals surface area contributed by atoms with Gasteiger partial charge in [-0.15, -0.1) is 0 Å². The van der Waals surface area contributed by atoms with E-state index in [4.69, 9.17) is 23.2 Å². The summed E-state index contributed by atoms with van der Waals surface area (Å²) in [6.07, 6.45) is -4.72. The summed E-state index contributed by atoms with van der Waals surface area (Å²) in [5.41, 5.74) is -0.759. The van der Waals surface area contributed by atoms with Crippen LogP contribution >= 0.6 is 23.2 Å². The molecule has 1 fully saturated rings. The first kappa shape index (κ1) is 26.6. The molecular weight excluding hydrogens is 518 g/mol. The van der Waals surface area contributed by atoms with Crippen LogP contribution < -0.4 is 9.62 Å². The lowest BCUT2D eigenvalue weighted by Crippen LogP contribution is -2.56. The average molecular weight is 540 g/mol. The highest BCUT2D eigenvalue weighted by atomic mass is 35.5. The summed E-state index contributed by atoms with van der Waals surface area (Å²) in [5, 5.41) is 11.3. The Bertz CT molecular complexity index is 1130. The van der Waals surface area contributed by atoms with Crippen LogP contribution in [0.25, 0.3) is 0 Å². The number of carbonyl (C=O) groups excluding carboxylic acids is 1. The van der Waals surface area contributed by atoms with Gasteiger partial charge in [0, 0.05) is 13.1 Å². The molecule has 3 rings (SSSR count). The third kappa shape index (κ3) is 5.77. The maximum absolute atomic E-state index is 13.3. The molecule has 0 bridgehead atoms. The van der Waals surface area contributed by atoms with Crippen LogP contribution in [0, 0.1) is 5.92 Å². The van der Waals surface area contributed by atoms with Crippen molar-refractivity contribution in [2.24, 2.45) is 5.92 Å². The SMILES string of the molecule is C[C@@H]1CN(CC(=O)N[C@H](CO)c2ccccc2)S(=O)(=O)N(c2c(Cl)cc(C(F)(F)F)cc2Cl)C1. The molecule has 1 aliphatic heterocycles. The van der Waals surface area contributed by atoms with E-state index in [0.717, 1.165) is 8.61 Å². The highest BCUT2D eigenvalue weighted by Gasteiger charge is 2.41. The number of anilines is 1. The van der Waals surface area contributed by atoms with Crippen molar-refractivity contribution in [3.05, 3.63) is 63.6 Å². The van der Waals surface area contributed by atoms with Gasteiger partial charge in [-0.2, -0.15) is 25.9 Å². The summed E-state index contributed by atoms with van der Waals surface area (Å²) >= 11 is 12.1. The molecule has 34 heavy (non-hydrogen) atoms. The first-order valence-electron chi connectivity index (χ1n) is 10.1. The molecule has 7 nitrogen and oxygen atoms in total. The average Bonchev–Trinajstić information content (AvgIpc) is 2.74. The zero-order valence-electron chi connectivity index (χ0n) is 17.9. The zero-order chi connectivity index (χ0) is 25.3. The summed E-state index contributed by atoms with van der Waals surface area (Å²) in [6, 6.07) is 9.13. The van der Waals surface area contributed by atoms with Gasteiger partial charge in [0.1, 0.15) is 0 Å². The van der Waals surface area contributed by atoms with Gasteiger partial charge in [-0.25, -0.2) is 0 Å². The molecular formula is C21H22Cl2F3N3O4S. The number of aliphatic hydroxyl groups is 1. The normalized spacial score (nSPS) is 19.6. The van der Waals surface area contributed by atoms with Gasteiger partial charge in [0.25, 0.3) is 0 Å². The number of halogens is 5. The van der Waals surface area contributed by atoms with E-state index in [1.165, 1.54) is 0 Å². The van der Waals surface area contributed by atoms with E-state index >= 15 is 0 Å². The van der Waals surface area contributed by atoms with Crippen LogP contribution in [0.15, 0.2) is 42.5 Å². The molecule has 1 amide bonds.